The number of anilines is 1. The lowest BCUT2D eigenvalue weighted by Gasteiger charge is -2.07. The molecule has 0 atom stereocenters. The van der Waals surface area contributed by atoms with E-state index in [0.717, 1.165) is 16.7 Å². The molecule has 2 aromatic carbocycles. The molecule has 0 aliphatic rings. The highest BCUT2D eigenvalue weighted by Gasteiger charge is 2.07. The number of aromatic hydroxyl groups is 1. The lowest BCUT2D eigenvalue weighted by atomic mass is 10.1. The van der Waals surface area contributed by atoms with E-state index in [9.17, 15) is 9.90 Å². The molecular formula is C20H18N2O2. The van der Waals surface area contributed by atoms with Crippen molar-refractivity contribution in [3.05, 3.63) is 78.5 Å². The molecule has 3 aromatic rings. The molecular weight excluding hydrogens is 300 g/mol. The van der Waals surface area contributed by atoms with E-state index in [-0.39, 0.29) is 11.7 Å². The highest BCUT2D eigenvalue weighted by atomic mass is 16.3. The van der Waals surface area contributed by atoms with Crippen molar-refractivity contribution in [2.45, 2.75) is 12.8 Å². The van der Waals surface area contributed by atoms with Gasteiger partial charge < -0.3 is 10.4 Å². The molecule has 4 nitrogen and oxygen atoms in total. The van der Waals surface area contributed by atoms with Crippen LogP contribution in [0.5, 0.6) is 5.75 Å². The van der Waals surface area contributed by atoms with Gasteiger partial charge in [0, 0.05) is 18.2 Å². The Morgan fingerprint density at radius 2 is 1.67 bits per heavy atom. The van der Waals surface area contributed by atoms with E-state index in [1.807, 2.05) is 48.5 Å². The number of nitrogens with zero attached hydrogens (tertiary/aromatic N) is 1. The highest BCUT2D eigenvalue weighted by molar-refractivity contribution is 5.90. The van der Waals surface area contributed by atoms with Crippen molar-refractivity contribution in [2.75, 3.05) is 5.32 Å². The van der Waals surface area contributed by atoms with E-state index in [0.29, 0.717) is 18.7 Å². The summed E-state index contributed by atoms with van der Waals surface area (Å²) in [6, 6.07) is 20.7. The number of rotatable bonds is 5. The van der Waals surface area contributed by atoms with E-state index in [2.05, 4.69) is 10.3 Å². The van der Waals surface area contributed by atoms with Crippen molar-refractivity contribution in [3.63, 3.8) is 0 Å². The molecule has 1 heterocycles. The Kier molecular flexibility index (Phi) is 4.87. The molecule has 0 fully saturated rings. The number of para-hydroxylation sites is 1. The lowest BCUT2D eigenvalue weighted by Crippen LogP contribution is -2.13. The second-order valence-electron chi connectivity index (χ2n) is 5.48. The van der Waals surface area contributed by atoms with Crippen LogP contribution in [0.2, 0.25) is 0 Å². The van der Waals surface area contributed by atoms with Gasteiger partial charge in [0.2, 0.25) is 5.91 Å². The van der Waals surface area contributed by atoms with E-state index < -0.39 is 0 Å². The van der Waals surface area contributed by atoms with Gasteiger partial charge in [-0.15, -0.1) is 0 Å². The molecule has 0 saturated heterocycles. The number of nitrogens with one attached hydrogen (secondary N) is 1. The Bertz CT molecular complexity index is 815. The number of carbonyl (C=O) groups is 1. The summed E-state index contributed by atoms with van der Waals surface area (Å²) < 4.78 is 0. The fourth-order valence-corrected chi connectivity index (χ4v) is 2.44. The first kappa shape index (κ1) is 15.7. The summed E-state index contributed by atoms with van der Waals surface area (Å²) in [6.45, 7) is 0. The van der Waals surface area contributed by atoms with Crippen LogP contribution < -0.4 is 5.32 Å². The minimum atomic E-state index is -0.127. The molecule has 1 amide bonds. The van der Waals surface area contributed by atoms with E-state index in [1.54, 1.807) is 24.4 Å². The fraction of sp³-hybridized carbons (Fsp3) is 0.100. The van der Waals surface area contributed by atoms with Gasteiger partial charge in [0.05, 0.1) is 0 Å². The third-order valence-corrected chi connectivity index (χ3v) is 3.75. The topological polar surface area (TPSA) is 62.2 Å². The third kappa shape index (κ3) is 3.98. The highest BCUT2D eigenvalue weighted by Crippen LogP contribution is 2.20. The van der Waals surface area contributed by atoms with Crippen LogP contribution in [0.1, 0.15) is 12.0 Å². The van der Waals surface area contributed by atoms with Gasteiger partial charge in [-0.2, -0.15) is 0 Å². The summed E-state index contributed by atoms with van der Waals surface area (Å²) in [5, 5.41) is 12.5. The molecule has 24 heavy (non-hydrogen) atoms. The second kappa shape index (κ2) is 7.42. The first-order valence-electron chi connectivity index (χ1n) is 7.80. The summed E-state index contributed by atoms with van der Waals surface area (Å²) in [6.07, 6.45) is 2.52. The zero-order valence-corrected chi connectivity index (χ0v) is 13.1. The Morgan fingerprint density at radius 1 is 0.917 bits per heavy atom. The van der Waals surface area contributed by atoms with Crippen LogP contribution in [0.4, 0.5) is 5.82 Å². The van der Waals surface area contributed by atoms with Gasteiger partial charge in [-0.3, -0.25) is 4.79 Å². The van der Waals surface area contributed by atoms with Gasteiger partial charge in [-0.1, -0.05) is 48.5 Å². The van der Waals surface area contributed by atoms with Gasteiger partial charge >= 0.3 is 0 Å². The number of hydrogen-bond acceptors (Lipinski definition) is 3. The largest absolute Gasteiger partial charge is 0.508 e. The zero-order valence-electron chi connectivity index (χ0n) is 13.1. The predicted molar refractivity (Wildman–Crippen MR) is 94.7 cm³/mol. The average Bonchev–Trinajstić information content (AvgIpc) is 2.62. The Balaban J connectivity index is 1.58. The molecule has 0 saturated carbocycles. The van der Waals surface area contributed by atoms with Gasteiger partial charge in [0.1, 0.15) is 11.6 Å². The molecule has 1 aromatic heterocycles. The second-order valence-corrected chi connectivity index (χ2v) is 5.48. The number of hydrogen-bond donors (Lipinski definition) is 2. The maximum absolute atomic E-state index is 12.0. The molecule has 0 radical (unpaired) electrons. The number of aryl methyl sites for hydroxylation is 1. The number of carbonyl (C=O) groups excluding carboxylic acids is 1. The molecule has 0 spiro atoms. The van der Waals surface area contributed by atoms with Gasteiger partial charge in [-0.25, -0.2) is 4.98 Å². The first-order valence-corrected chi connectivity index (χ1v) is 7.80. The van der Waals surface area contributed by atoms with E-state index in [1.165, 1.54) is 0 Å². The summed E-state index contributed by atoms with van der Waals surface area (Å²) in [5.74, 6) is 0.616. The average molecular weight is 318 g/mol. The van der Waals surface area contributed by atoms with Crippen molar-refractivity contribution < 1.29 is 9.90 Å². The normalized spacial score (nSPS) is 10.3. The van der Waals surface area contributed by atoms with Gasteiger partial charge in [0.25, 0.3) is 0 Å². The summed E-state index contributed by atoms with van der Waals surface area (Å²) in [5.41, 5.74) is 2.85. The molecule has 0 aliphatic carbocycles. The number of phenols is 1. The minimum absolute atomic E-state index is 0.127. The van der Waals surface area contributed by atoms with Crippen molar-refractivity contribution >= 4 is 11.7 Å². The van der Waals surface area contributed by atoms with E-state index >= 15 is 0 Å². The number of aromatic nitrogens is 1. The zero-order chi connectivity index (χ0) is 16.8. The Labute approximate surface area is 140 Å². The minimum Gasteiger partial charge on any atom is -0.508 e. The summed E-state index contributed by atoms with van der Waals surface area (Å²) in [4.78, 5) is 16.3. The molecule has 0 unspecified atom stereocenters. The van der Waals surface area contributed by atoms with Crippen molar-refractivity contribution in [1.29, 1.82) is 0 Å². The molecule has 3 rings (SSSR count). The van der Waals surface area contributed by atoms with Crippen molar-refractivity contribution in [2.24, 2.45) is 0 Å². The van der Waals surface area contributed by atoms with Crippen LogP contribution in [0.3, 0.4) is 0 Å². The SMILES string of the molecule is O=C(CCc1ccccc1O)Nc1ccc(-c2ccccc2)cn1. The van der Waals surface area contributed by atoms with E-state index in [4.69, 9.17) is 0 Å². The van der Waals surface area contributed by atoms with Crippen molar-refractivity contribution in [1.82, 2.24) is 4.98 Å². The first-order chi connectivity index (χ1) is 11.7. The van der Waals surface area contributed by atoms with Crippen LogP contribution in [0, 0.1) is 0 Å². The maximum Gasteiger partial charge on any atom is 0.225 e. The molecule has 0 aliphatic heterocycles. The standard InChI is InChI=1S/C20H18N2O2/c23-18-9-5-4-8-16(18)11-13-20(24)22-19-12-10-17(14-21-19)15-6-2-1-3-7-15/h1-10,12,14,23H,11,13H2,(H,21,22,24). The maximum atomic E-state index is 12.0. The van der Waals surface area contributed by atoms with Gasteiger partial charge in [-0.05, 0) is 35.7 Å². The number of benzene rings is 2. The monoisotopic (exact) mass is 318 g/mol. The van der Waals surface area contributed by atoms with Crippen LogP contribution >= 0.6 is 0 Å². The number of phenolic OH excluding ortho intramolecular Hbond substituents is 1. The van der Waals surface area contributed by atoms with Crippen LogP contribution in [0.15, 0.2) is 72.9 Å². The molecule has 120 valence electrons. The van der Waals surface area contributed by atoms with Gasteiger partial charge in [0.15, 0.2) is 0 Å². The van der Waals surface area contributed by atoms with Crippen LogP contribution in [-0.4, -0.2) is 16.0 Å². The number of pyridine rings is 1. The smallest absolute Gasteiger partial charge is 0.225 e. The Morgan fingerprint density at radius 3 is 2.38 bits per heavy atom. The fourth-order valence-electron chi connectivity index (χ4n) is 2.44. The van der Waals surface area contributed by atoms with Crippen LogP contribution in [-0.2, 0) is 11.2 Å². The van der Waals surface area contributed by atoms with Crippen molar-refractivity contribution in [3.8, 4) is 16.9 Å². The lowest BCUT2D eigenvalue weighted by molar-refractivity contribution is -0.116. The summed E-state index contributed by atoms with van der Waals surface area (Å²) >= 11 is 0. The van der Waals surface area contributed by atoms with Crippen LogP contribution in [0.25, 0.3) is 11.1 Å². The molecule has 2 N–H and O–H groups in total. The quantitative estimate of drug-likeness (QED) is 0.746. The predicted octanol–water partition coefficient (Wildman–Crippen LogP) is 4.03. The molecule has 0 bridgehead atoms. The summed E-state index contributed by atoms with van der Waals surface area (Å²) in [7, 11) is 0. The third-order valence-electron chi connectivity index (χ3n) is 3.75. The Hall–Kier alpha value is -3.14. The molecule has 4 heteroatoms. The number of amides is 1.